The van der Waals surface area contributed by atoms with E-state index in [1.807, 2.05) is 0 Å². The monoisotopic (exact) mass is 172 g/mol. The smallest absolute Gasteiger partial charge is 0.149 e. The van der Waals surface area contributed by atoms with Crippen LogP contribution in [0.5, 0.6) is 0 Å². The van der Waals surface area contributed by atoms with Crippen LogP contribution >= 0.6 is 0 Å². The molecule has 0 aromatic carbocycles. The third-order valence-electron chi connectivity index (χ3n) is 2.08. The average molecular weight is 172 g/mol. The third-order valence-corrected chi connectivity index (χ3v) is 2.08. The minimum Gasteiger partial charge on any atom is -0.383 e. The maximum atomic E-state index is 5.54. The second-order valence-corrected chi connectivity index (χ2v) is 2.81. The zero-order valence-corrected chi connectivity index (χ0v) is 7.36. The first-order valence-electron chi connectivity index (χ1n) is 4.15. The zero-order valence-electron chi connectivity index (χ0n) is 7.36. The van der Waals surface area contributed by atoms with Crippen LogP contribution in [0.2, 0.25) is 0 Å². The van der Waals surface area contributed by atoms with Crippen LogP contribution in [0.1, 0.15) is 6.92 Å². The van der Waals surface area contributed by atoms with Crippen molar-refractivity contribution >= 4 is 5.84 Å². The summed E-state index contributed by atoms with van der Waals surface area (Å²) >= 11 is 0. The van der Waals surface area contributed by atoms with Crippen LogP contribution in [0.4, 0.5) is 0 Å². The number of hydrogen-bond acceptors (Lipinski definition) is 4. The fourth-order valence-corrected chi connectivity index (χ4v) is 1.25. The van der Waals surface area contributed by atoms with E-state index in [2.05, 4.69) is 16.9 Å². The average Bonchev–Trinajstić information content (AvgIpc) is 2.17. The van der Waals surface area contributed by atoms with E-state index in [-0.39, 0.29) is 6.10 Å². The molecular formula is C7H16N4O. The fraction of sp³-hybridized carbons (Fsp3) is 0.857. The van der Waals surface area contributed by atoms with Crippen molar-refractivity contribution in [3.05, 3.63) is 0 Å². The molecule has 4 N–H and O–H groups in total. The van der Waals surface area contributed by atoms with Gasteiger partial charge in [-0.2, -0.15) is 5.10 Å². The molecule has 1 fully saturated rings. The lowest BCUT2D eigenvalue weighted by atomic mass is 10.2. The Kier molecular flexibility index (Phi) is 3.31. The maximum absolute atomic E-state index is 5.54. The molecule has 5 heteroatoms. The molecule has 0 bridgehead atoms. The molecule has 0 amide bonds. The van der Waals surface area contributed by atoms with Gasteiger partial charge in [0.1, 0.15) is 11.9 Å². The molecule has 1 rings (SSSR count). The van der Waals surface area contributed by atoms with E-state index >= 15 is 0 Å². The van der Waals surface area contributed by atoms with Crippen molar-refractivity contribution in [2.45, 2.75) is 13.0 Å². The molecule has 1 unspecified atom stereocenters. The highest BCUT2D eigenvalue weighted by Crippen LogP contribution is 2.03. The van der Waals surface area contributed by atoms with Crippen molar-refractivity contribution in [1.29, 1.82) is 0 Å². The van der Waals surface area contributed by atoms with E-state index in [0.29, 0.717) is 12.4 Å². The number of morpholine rings is 1. The van der Waals surface area contributed by atoms with Gasteiger partial charge in [-0.3, -0.25) is 4.90 Å². The van der Waals surface area contributed by atoms with Gasteiger partial charge in [-0.25, -0.2) is 0 Å². The second kappa shape index (κ2) is 4.27. The topological polar surface area (TPSA) is 76.9 Å². The molecule has 12 heavy (non-hydrogen) atoms. The van der Waals surface area contributed by atoms with Gasteiger partial charge in [0, 0.05) is 13.1 Å². The highest BCUT2D eigenvalue weighted by Gasteiger charge is 2.21. The molecule has 0 aromatic heterocycles. The maximum Gasteiger partial charge on any atom is 0.149 e. The van der Waals surface area contributed by atoms with Crippen LogP contribution in [0.3, 0.4) is 0 Å². The molecule has 0 aromatic rings. The van der Waals surface area contributed by atoms with Gasteiger partial charge in [-0.1, -0.05) is 6.92 Å². The molecule has 0 spiro atoms. The summed E-state index contributed by atoms with van der Waals surface area (Å²) < 4.78 is 5.39. The first-order valence-corrected chi connectivity index (χ1v) is 4.15. The van der Waals surface area contributed by atoms with Gasteiger partial charge in [-0.15, -0.1) is 0 Å². The van der Waals surface area contributed by atoms with Crippen LogP contribution in [-0.4, -0.2) is 43.1 Å². The molecule has 0 aliphatic carbocycles. The highest BCUT2D eigenvalue weighted by molar-refractivity contribution is 5.84. The molecule has 1 heterocycles. The molecule has 1 saturated heterocycles. The van der Waals surface area contributed by atoms with Crippen molar-refractivity contribution in [2.75, 3.05) is 26.2 Å². The third kappa shape index (κ3) is 2.09. The summed E-state index contributed by atoms with van der Waals surface area (Å²) in [5.41, 5.74) is 5.54. The van der Waals surface area contributed by atoms with Gasteiger partial charge < -0.3 is 16.3 Å². The van der Waals surface area contributed by atoms with E-state index in [1.165, 1.54) is 0 Å². The van der Waals surface area contributed by atoms with Crippen molar-refractivity contribution in [1.82, 2.24) is 4.90 Å². The van der Waals surface area contributed by atoms with Crippen molar-refractivity contribution in [2.24, 2.45) is 16.7 Å². The quantitative estimate of drug-likeness (QED) is 0.241. The number of hydrazone groups is 1. The Bertz CT molecular complexity index is 171. The zero-order chi connectivity index (χ0) is 8.97. The highest BCUT2D eigenvalue weighted by atomic mass is 16.5. The number of hydrogen-bond donors (Lipinski definition) is 2. The van der Waals surface area contributed by atoms with E-state index in [0.717, 1.165) is 19.6 Å². The second-order valence-electron chi connectivity index (χ2n) is 2.81. The Balaban J connectivity index is 2.45. The SMILES string of the molecule is CCN1CCOC(C(N)=NN)C1. The first kappa shape index (κ1) is 9.28. The van der Waals surface area contributed by atoms with Gasteiger partial charge in [0.25, 0.3) is 0 Å². The summed E-state index contributed by atoms with van der Waals surface area (Å²) in [5.74, 6) is 5.44. The van der Waals surface area contributed by atoms with Gasteiger partial charge in [0.05, 0.1) is 6.61 Å². The van der Waals surface area contributed by atoms with Crippen LogP contribution in [-0.2, 0) is 4.74 Å². The van der Waals surface area contributed by atoms with Crippen LogP contribution < -0.4 is 11.6 Å². The van der Waals surface area contributed by atoms with E-state index in [1.54, 1.807) is 0 Å². The Labute approximate surface area is 72.3 Å². The van der Waals surface area contributed by atoms with Gasteiger partial charge in [0.2, 0.25) is 0 Å². The van der Waals surface area contributed by atoms with Gasteiger partial charge in [-0.05, 0) is 6.54 Å². The summed E-state index contributed by atoms with van der Waals surface area (Å²) in [6.07, 6.45) is -0.122. The van der Waals surface area contributed by atoms with E-state index < -0.39 is 0 Å². The van der Waals surface area contributed by atoms with Gasteiger partial charge in [0.15, 0.2) is 0 Å². The first-order chi connectivity index (χ1) is 5.77. The van der Waals surface area contributed by atoms with E-state index in [9.17, 15) is 0 Å². The number of nitrogens with zero attached hydrogens (tertiary/aromatic N) is 2. The molecule has 1 aliphatic rings. The Hall–Kier alpha value is -0.810. The largest absolute Gasteiger partial charge is 0.383 e. The fourth-order valence-electron chi connectivity index (χ4n) is 1.25. The molecule has 0 saturated carbocycles. The minimum absolute atomic E-state index is 0.122. The summed E-state index contributed by atoms with van der Waals surface area (Å²) in [6, 6.07) is 0. The van der Waals surface area contributed by atoms with Crippen LogP contribution in [0, 0.1) is 0 Å². The predicted octanol–water partition coefficient (Wildman–Crippen LogP) is -1.06. The molecule has 70 valence electrons. The Morgan fingerprint density at radius 2 is 2.50 bits per heavy atom. The van der Waals surface area contributed by atoms with Crippen LogP contribution in [0.15, 0.2) is 5.10 Å². The number of ether oxygens (including phenoxy) is 1. The number of likely N-dealkylation sites (N-methyl/N-ethyl adjacent to an activating group) is 1. The molecule has 5 nitrogen and oxygen atoms in total. The molecular weight excluding hydrogens is 156 g/mol. The predicted molar refractivity (Wildman–Crippen MR) is 47.7 cm³/mol. The number of nitrogens with two attached hydrogens (primary N) is 2. The van der Waals surface area contributed by atoms with Crippen molar-refractivity contribution < 1.29 is 4.74 Å². The van der Waals surface area contributed by atoms with E-state index in [4.69, 9.17) is 16.3 Å². The van der Waals surface area contributed by atoms with Crippen molar-refractivity contribution in [3.63, 3.8) is 0 Å². The summed E-state index contributed by atoms with van der Waals surface area (Å²) in [6.45, 7) is 5.58. The number of amidine groups is 1. The summed E-state index contributed by atoms with van der Waals surface area (Å²) in [7, 11) is 0. The lowest BCUT2D eigenvalue weighted by Gasteiger charge is -2.31. The standard InChI is InChI=1S/C7H16N4O/c1-2-11-3-4-12-6(5-11)7(8)10-9/h6H,2-5,9H2,1H3,(H2,8,10). The van der Waals surface area contributed by atoms with Gasteiger partial charge >= 0.3 is 0 Å². The lowest BCUT2D eigenvalue weighted by molar-refractivity contribution is 0.00811. The molecule has 1 atom stereocenters. The number of rotatable bonds is 2. The molecule has 1 aliphatic heterocycles. The minimum atomic E-state index is -0.122. The summed E-state index contributed by atoms with van der Waals surface area (Å²) in [4.78, 5) is 2.26. The van der Waals surface area contributed by atoms with Crippen LogP contribution in [0.25, 0.3) is 0 Å². The lowest BCUT2D eigenvalue weighted by Crippen LogP contribution is -2.48. The van der Waals surface area contributed by atoms with Crippen molar-refractivity contribution in [3.8, 4) is 0 Å². The normalized spacial score (nSPS) is 27.4. The Morgan fingerprint density at radius 1 is 1.75 bits per heavy atom. The Morgan fingerprint density at radius 3 is 3.08 bits per heavy atom. The summed E-state index contributed by atoms with van der Waals surface area (Å²) in [5, 5.41) is 3.42. The molecule has 0 radical (unpaired) electrons.